The van der Waals surface area contributed by atoms with Gasteiger partial charge in [-0.2, -0.15) is 291 Å². The van der Waals surface area contributed by atoms with Crippen molar-refractivity contribution in [3.8, 4) is 0 Å². The van der Waals surface area contributed by atoms with Gasteiger partial charge < -0.3 is 0 Å². The summed E-state index contributed by atoms with van der Waals surface area (Å²) in [6.45, 7) is 0. The third-order valence-electron chi connectivity index (χ3n) is 4.86. The fraction of sp³-hybridized carbons (Fsp3) is 0. The number of hydrogen-bond donors (Lipinski definition) is 0. The molecule has 1 radical (unpaired) electrons. The molecule has 0 heterocycles. The quantitative estimate of drug-likeness (QED) is 0.110. The molecule has 1 heteroatoms. The zero-order chi connectivity index (χ0) is 33.9. The molecule has 0 aliphatic heterocycles. The first kappa shape index (κ1) is 43.3. The molecule has 0 fully saturated rings. The van der Waals surface area contributed by atoms with Gasteiger partial charge >= 0.3 is 0 Å². The Kier molecular flexibility index (Phi) is 35.6. The van der Waals surface area contributed by atoms with Gasteiger partial charge in [0.1, 0.15) is 0 Å². The summed E-state index contributed by atoms with van der Waals surface area (Å²) in [7, 11) is 0. The van der Waals surface area contributed by atoms with E-state index in [2.05, 4.69) is 48.5 Å². The van der Waals surface area contributed by atoms with Gasteiger partial charge in [0.15, 0.2) is 0 Å². The van der Waals surface area contributed by atoms with Crippen LogP contribution in [0.15, 0.2) is 243 Å². The Morgan fingerprint density at radius 3 is 0.224 bits per heavy atom. The first-order valence-corrected chi connectivity index (χ1v) is 15.3. The molecule has 0 saturated heterocycles. The fourth-order valence-electron chi connectivity index (χ4n) is 2.74. The van der Waals surface area contributed by atoms with Crippen molar-refractivity contribution in [1.82, 2.24) is 0 Å². The van der Waals surface area contributed by atoms with Crippen molar-refractivity contribution < 1.29 is 17.1 Å². The molecule has 0 unspecified atom stereocenters. The third-order valence-corrected chi connectivity index (χ3v) is 4.86. The Balaban J connectivity index is 0.000000536. The van der Waals surface area contributed by atoms with E-state index >= 15 is 0 Å². The standard InChI is InChI=1S/8C6H5.Cu/c8*1-2-4-6-5-3-1;/h8*1-5H;/q8*-1;. The van der Waals surface area contributed by atoms with Gasteiger partial charge in [0.2, 0.25) is 0 Å². The minimum Gasteiger partial charge on any atom is -0.184 e. The van der Waals surface area contributed by atoms with Crippen molar-refractivity contribution in [1.29, 1.82) is 0 Å². The molecule has 0 spiro atoms. The number of benzene rings is 8. The molecule has 8 aromatic rings. The molecule has 0 atom stereocenters. The van der Waals surface area contributed by atoms with Gasteiger partial charge in [0.05, 0.1) is 0 Å². The van der Waals surface area contributed by atoms with Crippen molar-refractivity contribution in [3.05, 3.63) is 291 Å². The summed E-state index contributed by atoms with van der Waals surface area (Å²) in [5.41, 5.74) is 0. The summed E-state index contributed by atoms with van der Waals surface area (Å²) < 4.78 is 0. The van der Waals surface area contributed by atoms with Crippen molar-refractivity contribution in [2.24, 2.45) is 0 Å². The number of hydrogen-bond acceptors (Lipinski definition) is 0. The SMILES string of the molecule is [Cu].[c-]1ccccc1.[c-]1ccccc1.[c-]1ccccc1.[c-]1ccccc1.[c-]1ccccc1.[c-]1ccccc1.[c-]1ccccc1.[c-]1ccccc1. The van der Waals surface area contributed by atoms with E-state index in [1.54, 1.807) is 0 Å². The molecule has 0 bridgehead atoms. The van der Waals surface area contributed by atoms with Crippen LogP contribution in [0.5, 0.6) is 0 Å². The van der Waals surface area contributed by atoms with Gasteiger partial charge in [-0.15, -0.1) is 0 Å². The van der Waals surface area contributed by atoms with Crippen LogP contribution in [-0.2, 0) is 17.1 Å². The molecule has 0 aliphatic carbocycles. The molecule has 251 valence electrons. The maximum Gasteiger partial charge on any atom is 0 e. The van der Waals surface area contributed by atoms with Gasteiger partial charge in [-0.25, -0.2) is 0 Å². The van der Waals surface area contributed by atoms with Gasteiger partial charge in [0, 0.05) is 17.1 Å². The van der Waals surface area contributed by atoms with E-state index in [0.717, 1.165) is 0 Å². The summed E-state index contributed by atoms with van der Waals surface area (Å²) in [6.07, 6.45) is 0. The molecule has 0 saturated carbocycles. The Labute approximate surface area is 306 Å². The summed E-state index contributed by atoms with van der Waals surface area (Å²) >= 11 is 0. The van der Waals surface area contributed by atoms with Crippen LogP contribution in [0.2, 0.25) is 0 Å². The molecular formula is C48H40Cu-8. The van der Waals surface area contributed by atoms with Crippen LogP contribution >= 0.6 is 0 Å². The topological polar surface area (TPSA) is 0 Å². The molecule has 0 aromatic heterocycles. The first-order chi connectivity index (χ1) is 24.0. The Bertz CT molecular complexity index is 961. The molecule has 8 rings (SSSR count). The van der Waals surface area contributed by atoms with Gasteiger partial charge in [-0.05, 0) is 0 Å². The van der Waals surface area contributed by atoms with E-state index < -0.39 is 0 Å². The van der Waals surface area contributed by atoms with Crippen LogP contribution in [0.4, 0.5) is 0 Å². The van der Waals surface area contributed by atoms with Crippen LogP contribution < -0.4 is 0 Å². The average molecular weight is 680 g/mol. The fourth-order valence-corrected chi connectivity index (χ4v) is 2.74. The van der Waals surface area contributed by atoms with Crippen LogP contribution in [0.25, 0.3) is 0 Å². The predicted octanol–water partition coefficient (Wildman–Crippen LogP) is 11.9. The van der Waals surface area contributed by atoms with Crippen LogP contribution in [0.1, 0.15) is 0 Å². The van der Waals surface area contributed by atoms with E-state index in [0.29, 0.717) is 0 Å². The van der Waals surface area contributed by atoms with Crippen LogP contribution in [-0.4, -0.2) is 0 Å². The number of rotatable bonds is 0. The predicted molar refractivity (Wildman–Crippen MR) is 202 cm³/mol. The normalized spacial score (nSPS) is 7.84. The summed E-state index contributed by atoms with van der Waals surface area (Å²) in [4.78, 5) is 0. The second kappa shape index (κ2) is 40.3. The Morgan fingerprint density at radius 1 is 0.122 bits per heavy atom. The molecule has 49 heavy (non-hydrogen) atoms. The largest absolute Gasteiger partial charge is 0.184 e. The molecule has 0 N–H and O–H groups in total. The zero-order valence-corrected chi connectivity index (χ0v) is 28.3. The maximum absolute atomic E-state index is 2.89. The van der Waals surface area contributed by atoms with Gasteiger partial charge in [-0.1, -0.05) is 0 Å². The summed E-state index contributed by atoms with van der Waals surface area (Å²) in [5.74, 6) is 0. The van der Waals surface area contributed by atoms with E-state index in [-0.39, 0.29) is 17.1 Å². The minimum atomic E-state index is 0. The van der Waals surface area contributed by atoms with E-state index in [1.165, 1.54) is 0 Å². The maximum atomic E-state index is 2.89. The van der Waals surface area contributed by atoms with Crippen LogP contribution in [0.3, 0.4) is 0 Å². The molecule has 0 aliphatic rings. The zero-order valence-electron chi connectivity index (χ0n) is 27.4. The van der Waals surface area contributed by atoms with Gasteiger partial charge in [-0.3, -0.25) is 0 Å². The first-order valence-electron chi connectivity index (χ1n) is 15.3. The van der Waals surface area contributed by atoms with Crippen molar-refractivity contribution >= 4 is 0 Å². The third kappa shape index (κ3) is 38.4. The monoisotopic (exact) mass is 679 g/mol. The van der Waals surface area contributed by atoms with Crippen LogP contribution in [0, 0.1) is 48.5 Å². The van der Waals surface area contributed by atoms with E-state index in [9.17, 15) is 0 Å². The molecule has 8 aromatic carbocycles. The second-order valence-electron chi connectivity index (χ2n) is 8.62. The second-order valence-corrected chi connectivity index (χ2v) is 8.62. The van der Waals surface area contributed by atoms with E-state index in [4.69, 9.17) is 0 Å². The summed E-state index contributed by atoms with van der Waals surface area (Å²) in [6, 6.07) is 100. The van der Waals surface area contributed by atoms with Crippen molar-refractivity contribution in [3.63, 3.8) is 0 Å². The van der Waals surface area contributed by atoms with Crippen molar-refractivity contribution in [2.45, 2.75) is 0 Å². The Hall–Kier alpha value is -5.72. The molecule has 0 amide bonds. The molecule has 0 nitrogen and oxygen atoms in total. The van der Waals surface area contributed by atoms with Gasteiger partial charge in [0.25, 0.3) is 0 Å². The smallest absolute Gasteiger partial charge is 0 e. The Morgan fingerprint density at radius 2 is 0.204 bits per heavy atom. The van der Waals surface area contributed by atoms with Crippen molar-refractivity contribution in [2.75, 3.05) is 0 Å². The van der Waals surface area contributed by atoms with E-state index in [1.807, 2.05) is 243 Å². The summed E-state index contributed by atoms with van der Waals surface area (Å²) in [5, 5.41) is 0. The molecular weight excluding hydrogens is 640 g/mol. The minimum absolute atomic E-state index is 0. The average Bonchev–Trinajstić information content (AvgIpc) is 3.25.